The van der Waals surface area contributed by atoms with Crippen LogP contribution in [0.2, 0.25) is 0 Å². The van der Waals surface area contributed by atoms with Crippen LogP contribution < -0.4 is 0 Å². The Hall–Kier alpha value is 1.22. The third-order valence-electron chi connectivity index (χ3n) is 0.120. The molecule has 0 amide bonds. The molecule has 0 spiro atoms. The van der Waals surface area contributed by atoms with Crippen LogP contribution in [0.1, 0.15) is 0 Å². The van der Waals surface area contributed by atoms with E-state index in [9.17, 15) is 0 Å². The summed E-state index contributed by atoms with van der Waals surface area (Å²) in [6.07, 6.45) is 0. The van der Waals surface area contributed by atoms with Gasteiger partial charge in [-0.2, -0.15) is 8.40 Å². The maximum atomic E-state index is 6.88. The minimum atomic E-state index is -0.362. The van der Waals surface area contributed by atoms with Crippen molar-refractivity contribution in [1.29, 1.82) is 1.28 Å². The zero-order chi connectivity index (χ0) is 4.28. The van der Waals surface area contributed by atoms with Gasteiger partial charge in [-0.05, 0) is 0 Å². The van der Waals surface area contributed by atoms with Gasteiger partial charge in [-0.1, -0.05) is 22.6 Å². The van der Waals surface area contributed by atoms with Crippen molar-refractivity contribution in [3.8, 4) is 0 Å². The standard InChI is InChI=1S/CH5BIP/c2-4-1-3/h4H,1-2H2/i4T. The van der Waals surface area contributed by atoms with E-state index in [2.05, 4.69) is 22.6 Å². The Labute approximate surface area is 44.3 Å². The lowest BCUT2D eigenvalue weighted by Gasteiger charge is -1.67. The lowest BCUT2D eigenvalue weighted by molar-refractivity contribution is 2.43. The monoisotopic (exact) mass is 188 g/mol. The summed E-state index contributed by atoms with van der Waals surface area (Å²) in [4.78, 5) is 0. The fraction of sp³-hybridized carbons (Fsp3) is 1.00. The summed E-state index contributed by atoms with van der Waals surface area (Å²) in [5.74, 6) is 0. The van der Waals surface area contributed by atoms with E-state index >= 15 is 0 Å². The van der Waals surface area contributed by atoms with Crippen molar-refractivity contribution < 1.29 is 0 Å². The number of hydrogen-bond donors (Lipinski definition) is 0. The van der Waals surface area contributed by atoms with Crippen molar-refractivity contribution in [2.75, 3.05) is 4.17 Å². The molecule has 0 saturated heterocycles. The number of halogens is 1. The van der Waals surface area contributed by atoms with Crippen LogP contribution >= 0.6 is 31.0 Å². The van der Waals surface area contributed by atoms with Crippen molar-refractivity contribution in [3.63, 3.8) is 0 Å². The first kappa shape index (κ1) is 3.42. The number of alkyl halides is 1. The van der Waals surface area contributed by atoms with Gasteiger partial charge in [-0.3, -0.25) is 0 Å². The van der Waals surface area contributed by atoms with Crippen LogP contribution in [-0.2, 0) is 0 Å². The van der Waals surface area contributed by atoms with E-state index in [0.29, 0.717) is 0 Å². The third-order valence-corrected chi connectivity index (χ3v) is 2.41. The molecule has 0 nitrogen and oxygen atoms in total. The lowest BCUT2D eigenvalue weighted by atomic mass is 10.8. The summed E-state index contributed by atoms with van der Waals surface area (Å²) < 4.78 is 7.89. The molecular formula is CH5BIP. The summed E-state index contributed by atoms with van der Waals surface area (Å²) in [5, 5.41) is 0. The summed E-state index contributed by atoms with van der Waals surface area (Å²) >= 11 is 2.22. The highest BCUT2D eigenvalue weighted by Crippen LogP contribution is 2.02. The van der Waals surface area contributed by atoms with Gasteiger partial charge in [0.2, 0.25) is 0 Å². The van der Waals surface area contributed by atoms with E-state index in [1.54, 1.807) is 0 Å². The summed E-state index contributed by atoms with van der Waals surface area (Å²) in [6.45, 7) is 0. The van der Waals surface area contributed by atoms with E-state index in [4.69, 9.17) is 1.28 Å². The molecule has 0 bridgehead atoms. The molecule has 0 fully saturated rings. The van der Waals surface area contributed by atoms with Crippen LogP contribution in [0.15, 0.2) is 0 Å². The predicted molar refractivity (Wildman–Crippen MR) is 35.7 cm³/mol. The number of rotatable bonds is 1. The Balaban J connectivity index is 2.54. The van der Waals surface area contributed by atoms with Gasteiger partial charge in [0, 0.05) is 5.45 Å². The molecule has 0 rings (SSSR count). The summed E-state index contributed by atoms with van der Waals surface area (Å²) in [5.41, 5.74) is 0. The van der Waals surface area contributed by atoms with Gasteiger partial charge in [0.15, 0.2) is 0 Å². The molecule has 0 radical (unpaired) electrons. The molecule has 4 heavy (non-hydrogen) atoms. The van der Waals surface area contributed by atoms with E-state index in [0.717, 1.165) is 4.17 Å². The van der Waals surface area contributed by atoms with Gasteiger partial charge in [0.25, 0.3) is 0 Å². The Bertz CT molecular complexity index is 25.6. The van der Waals surface area contributed by atoms with Gasteiger partial charge < -0.3 is 0 Å². The molecule has 3 heteroatoms. The molecule has 0 aromatic rings. The van der Waals surface area contributed by atoms with Crippen molar-refractivity contribution in [1.82, 2.24) is 0 Å². The smallest absolute Gasteiger partial charge is 0.131 e. The molecule has 0 N–H and O–H groups in total. The third kappa shape index (κ3) is 3.22. The molecule has 0 aromatic heterocycles. The van der Waals surface area contributed by atoms with E-state index in [1.807, 2.05) is 7.57 Å². The highest BCUT2D eigenvalue weighted by Gasteiger charge is 1.58. The van der Waals surface area contributed by atoms with Gasteiger partial charge in [-0.15, -0.1) is 0 Å². The van der Waals surface area contributed by atoms with Crippen LogP contribution in [0.3, 0.4) is 0 Å². The normalized spacial score (nSPS) is 18.8. The topological polar surface area (TPSA) is 0 Å². The van der Waals surface area contributed by atoms with E-state index in [1.165, 1.54) is 0 Å². The maximum absolute atomic E-state index is 6.88. The average molecular weight is 188 g/mol. The SMILES string of the molecule is [3H]P(B)CI. The largest absolute Gasteiger partial charge is 0.154 e. The molecule has 0 heterocycles. The summed E-state index contributed by atoms with van der Waals surface area (Å²) in [7, 11) is 1.58. The minimum Gasteiger partial charge on any atom is -0.154 e. The minimum absolute atomic E-state index is 0.362. The zero-order valence-corrected chi connectivity index (χ0v) is 5.58. The second-order valence-electron chi connectivity index (χ2n) is 0.436. The second kappa shape index (κ2) is 4.22. The average Bonchev–Trinajstić information content (AvgIpc) is 1.38. The van der Waals surface area contributed by atoms with Crippen molar-refractivity contribution in [2.24, 2.45) is 0 Å². The van der Waals surface area contributed by atoms with Crippen molar-refractivity contribution >= 4 is 38.6 Å². The fourth-order valence-electron chi connectivity index (χ4n) is 0. The van der Waals surface area contributed by atoms with Crippen molar-refractivity contribution in [2.45, 2.75) is 0 Å². The Morgan fingerprint density at radius 1 is 2.50 bits per heavy atom. The highest BCUT2D eigenvalue weighted by atomic mass is 127. The lowest BCUT2D eigenvalue weighted by Crippen LogP contribution is -1.41. The van der Waals surface area contributed by atoms with Crippen LogP contribution in [0, 0.1) is 0 Å². The molecule has 0 aliphatic heterocycles. The molecule has 0 aliphatic carbocycles. The molecule has 1 atom stereocenters. The Morgan fingerprint density at radius 3 is 2.75 bits per heavy atom. The number of hydrogen-bond acceptors (Lipinski definition) is 0. The van der Waals surface area contributed by atoms with Crippen LogP contribution in [0.4, 0.5) is 0 Å². The van der Waals surface area contributed by atoms with Crippen LogP contribution in [-0.4, -0.2) is 13.0 Å². The molecule has 1 unspecified atom stereocenters. The Morgan fingerprint density at radius 2 is 2.75 bits per heavy atom. The summed E-state index contributed by atoms with van der Waals surface area (Å²) in [6, 6.07) is 0. The van der Waals surface area contributed by atoms with Gasteiger partial charge in [-0.25, -0.2) is 0 Å². The first-order chi connectivity index (χ1) is 2.27. The molecular weight excluding hydrogens is 181 g/mol. The quantitative estimate of drug-likeness (QED) is 0.244. The first-order valence-corrected chi connectivity index (χ1v) is 4.08. The van der Waals surface area contributed by atoms with E-state index in [-0.39, 0.29) is 8.40 Å². The molecule has 24 valence electrons. The Kier molecular flexibility index (Phi) is 3.61. The molecule has 0 aromatic carbocycles. The van der Waals surface area contributed by atoms with Crippen LogP contribution in [0.5, 0.6) is 0 Å². The van der Waals surface area contributed by atoms with E-state index < -0.39 is 0 Å². The van der Waals surface area contributed by atoms with Crippen LogP contribution in [0.25, 0.3) is 0 Å². The van der Waals surface area contributed by atoms with Gasteiger partial charge in [0.1, 0.15) is 7.57 Å². The maximum Gasteiger partial charge on any atom is 0.131 e. The van der Waals surface area contributed by atoms with Crippen molar-refractivity contribution in [3.05, 3.63) is 0 Å². The fourth-order valence-corrected chi connectivity index (χ4v) is 0. The first-order valence-electron chi connectivity index (χ1n) is 1.48. The molecule has 0 saturated carbocycles. The zero-order valence-electron chi connectivity index (χ0n) is 3.53. The van der Waals surface area contributed by atoms with Gasteiger partial charge in [0.05, 0.1) is 0 Å². The molecule has 0 aliphatic rings. The highest BCUT2D eigenvalue weighted by molar-refractivity contribution is 14.1. The second-order valence-corrected chi connectivity index (χ2v) is 3.35. The van der Waals surface area contributed by atoms with Gasteiger partial charge >= 0.3 is 0 Å². The predicted octanol–water partition coefficient (Wildman–Crippen LogP) is 0.605.